The van der Waals surface area contributed by atoms with Crippen LogP contribution >= 0.6 is 24.0 Å². The van der Waals surface area contributed by atoms with Gasteiger partial charge < -0.3 is 15.4 Å². The Morgan fingerprint density at radius 1 is 1.00 bits per heavy atom. The van der Waals surface area contributed by atoms with Gasteiger partial charge in [-0.25, -0.2) is 4.68 Å². The number of halogens is 1. The quantitative estimate of drug-likeness (QED) is 0.252. The number of morpholine rings is 1. The van der Waals surface area contributed by atoms with Crippen molar-refractivity contribution in [3.05, 3.63) is 83.7 Å². The van der Waals surface area contributed by atoms with Gasteiger partial charge in [0.05, 0.1) is 18.9 Å². The van der Waals surface area contributed by atoms with E-state index in [4.69, 9.17) is 4.74 Å². The average Bonchev–Trinajstić information content (AvgIpc) is 3.38. The number of ether oxygens (including phenoxy) is 1. The molecule has 0 spiro atoms. The van der Waals surface area contributed by atoms with Gasteiger partial charge in [0.15, 0.2) is 5.96 Å². The van der Waals surface area contributed by atoms with E-state index in [9.17, 15) is 0 Å². The Labute approximate surface area is 213 Å². The molecular weight excluding hydrogens is 527 g/mol. The van der Waals surface area contributed by atoms with Crippen molar-refractivity contribution in [2.45, 2.75) is 19.5 Å². The van der Waals surface area contributed by atoms with Crippen LogP contribution in [0.1, 0.15) is 16.7 Å². The highest BCUT2D eigenvalue weighted by Crippen LogP contribution is 2.13. The molecule has 0 atom stereocenters. The molecule has 1 fully saturated rings. The predicted octanol–water partition coefficient (Wildman–Crippen LogP) is 3.23. The molecule has 1 aliphatic rings. The van der Waals surface area contributed by atoms with Crippen LogP contribution in [0.4, 0.5) is 0 Å². The second-order valence-electron chi connectivity index (χ2n) is 7.88. The lowest BCUT2D eigenvalue weighted by Crippen LogP contribution is -2.38. The summed E-state index contributed by atoms with van der Waals surface area (Å²) in [5.41, 5.74) is 5.01. The molecule has 3 aromatic rings. The van der Waals surface area contributed by atoms with E-state index in [0.717, 1.165) is 64.0 Å². The van der Waals surface area contributed by atoms with E-state index in [1.54, 1.807) is 6.20 Å². The molecule has 176 valence electrons. The van der Waals surface area contributed by atoms with Crippen LogP contribution in [0.3, 0.4) is 0 Å². The molecule has 2 heterocycles. The number of benzene rings is 2. The van der Waals surface area contributed by atoms with Crippen molar-refractivity contribution in [3.63, 3.8) is 0 Å². The van der Waals surface area contributed by atoms with E-state index in [2.05, 4.69) is 74.2 Å². The minimum absolute atomic E-state index is 0. The Morgan fingerprint density at radius 2 is 1.76 bits per heavy atom. The molecule has 0 unspecified atom stereocenters. The van der Waals surface area contributed by atoms with Crippen molar-refractivity contribution >= 4 is 29.9 Å². The second kappa shape index (κ2) is 13.3. The van der Waals surface area contributed by atoms with Crippen LogP contribution in [0.25, 0.3) is 5.69 Å². The maximum atomic E-state index is 5.47. The number of hydrogen-bond donors (Lipinski definition) is 2. The van der Waals surface area contributed by atoms with Crippen LogP contribution in [0, 0.1) is 0 Å². The molecule has 4 rings (SSSR count). The highest BCUT2D eigenvalue weighted by molar-refractivity contribution is 14.0. The van der Waals surface area contributed by atoms with Crippen LogP contribution in [-0.2, 0) is 24.2 Å². The second-order valence-corrected chi connectivity index (χ2v) is 7.88. The Hall–Kier alpha value is -2.43. The number of guanidine groups is 1. The van der Waals surface area contributed by atoms with Crippen molar-refractivity contribution < 1.29 is 4.74 Å². The van der Waals surface area contributed by atoms with E-state index in [-0.39, 0.29) is 24.0 Å². The Bertz CT molecular complexity index is 984. The largest absolute Gasteiger partial charge is 0.379 e. The van der Waals surface area contributed by atoms with Crippen LogP contribution < -0.4 is 10.6 Å². The summed E-state index contributed by atoms with van der Waals surface area (Å²) in [6.45, 7) is 6.16. The van der Waals surface area contributed by atoms with Gasteiger partial charge in [-0.15, -0.1) is 24.0 Å². The van der Waals surface area contributed by atoms with Crippen LogP contribution in [-0.4, -0.2) is 60.5 Å². The van der Waals surface area contributed by atoms with Gasteiger partial charge in [0.25, 0.3) is 0 Å². The van der Waals surface area contributed by atoms with Crippen molar-refractivity contribution in [1.29, 1.82) is 0 Å². The molecule has 1 saturated heterocycles. The van der Waals surface area contributed by atoms with E-state index in [0.29, 0.717) is 0 Å². The van der Waals surface area contributed by atoms with E-state index in [1.165, 1.54) is 16.7 Å². The number of nitrogens with zero attached hydrogens (tertiary/aromatic N) is 4. The Morgan fingerprint density at radius 3 is 2.45 bits per heavy atom. The van der Waals surface area contributed by atoms with Crippen molar-refractivity contribution in [2.24, 2.45) is 4.99 Å². The van der Waals surface area contributed by atoms with E-state index in [1.807, 2.05) is 24.0 Å². The fourth-order valence-electron chi connectivity index (χ4n) is 3.85. The summed E-state index contributed by atoms with van der Waals surface area (Å²) in [7, 11) is 1.81. The molecule has 2 N–H and O–H groups in total. The molecule has 8 heteroatoms. The first-order valence-corrected chi connectivity index (χ1v) is 11.2. The van der Waals surface area contributed by atoms with Gasteiger partial charge in [-0.05, 0) is 41.3 Å². The zero-order valence-corrected chi connectivity index (χ0v) is 21.4. The molecule has 33 heavy (non-hydrogen) atoms. The van der Waals surface area contributed by atoms with Gasteiger partial charge >= 0.3 is 0 Å². The zero-order chi connectivity index (χ0) is 22.0. The normalized spacial score (nSPS) is 14.5. The van der Waals surface area contributed by atoms with Crippen molar-refractivity contribution in [1.82, 2.24) is 25.3 Å². The summed E-state index contributed by atoms with van der Waals surface area (Å²) in [5, 5.41) is 11.2. The highest BCUT2D eigenvalue weighted by atomic mass is 127. The summed E-state index contributed by atoms with van der Waals surface area (Å²) in [5.74, 6) is 0.819. The third-order valence-electron chi connectivity index (χ3n) is 5.70. The number of aliphatic imine (C=N–C) groups is 1. The molecule has 0 aliphatic carbocycles. The van der Waals surface area contributed by atoms with Crippen LogP contribution in [0.5, 0.6) is 0 Å². The molecule has 7 nitrogen and oxygen atoms in total. The summed E-state index contributed by atoms with van der Waals surface area (Å²) in [6.07, 6.45) is 4.66. The topological polar surface area (TPSA) is 66.7 Å². The summed E-state index contributed by atoms with van der Waals surface area (Å²) in [4.78, 5) is 6.83. The predicted molar refractivity (Wildman–Crippen MR) is 143 cm³/mol. The maximum absolute atomic E-state index is 5.47. The number of aromatic nitrogens is 2. The SMILES string of the molecule is CN=C(NCCc1ccc(-n2cccn2)cc1)NCc1ccccc1CN1CCOCC1.I. The van der Waals surface area contributed by atoms with Crippen LogP contribution in [0.15, 0.2) is 72.0 Å². The van der Waals surface area contributed by atoms with Gasteiger partial charge in [0, 0.05) is 52.2 Å². The molecule has 0 amide bonds. The van der Waals surface area contributed by atoms with Gasteiger partial charge in [-0.2, -0.15) is 5.10 Å². The lowest BCUT2D eigenvalue weighted by atomic mass is 10.1. The molecule has 0 bridgehead atoms. The third-order valence-corrected chi connectivity index (χ3v) is 5.70. The molecule has 1 aliphatic heterocycles. The zero-order valence-electron chi connectivity index (χ0n) is 19.1. The standard InChI is InChI=1S/C25H32N6O.HI/c1-26-25(27-13-11-21-7-9-24(10-8-21)31-14-4-12-29-31)28-19-22-5-2-3-6-23(22)20-30-15-17-32-18-16-30;/h2-10,12,14H,11,13,15-20H2,1H3,(H2,26,27,28);1H. The summed E-state index contributed by atoms with van der Waals surface area (Å²) in [6, 6.07) is 19.0. The van der Waals surface area contributed by atoms with E-state index < -0.39 is 0 Å². The van der Waals surface area contributed by atoms with Crippen LogP contribution in [0.2, 0.25) is 0 Å². The summed E-state index contributed by atoms with van der Waals surface area (Å²) < 4.78 is 7.34. The Balaban J connectivity index is 0.00000306. The van der Waals surface area contributed by atoms with Crippen molar-refractivity contribution in [3.8, 4) is 5.69 Å². The number of rotatable bonds is 8. The molecule has 2 aromatic carbocycles. The first-order valence-electron chi connectivity index (χ1n) is 11.2. The van der Waals surface area contributed by atoms with Gasteiger partial charge in [-0.3, -0.25) is 9.89 Å². The number of hydrogen-bond acceptors (Lipinski definition) is 4. The first-order chi connectivity index (χ1) is 15.8. The maximum Gasteiger partial charge on any atom is 0.191 e. The summed E-state index contributed by atoms with van der Waals surface area (Å²) >= 11 is 0. The highest BCUT2D eigenvalue weighted by Gasteiger charge is 2.12. The molecule has 1 aromatic heterocycles. The van der Waals surface area contributed by atoms with Gasteiger partial charge in [-0.1, -0.05) is 36.4 Å². The van der Waals surface area contributed by atoms with Gasteiger partial charge in [0.1, 0.15) is 0 Å². The van der Waals surface area contributed by atoms with E-state index >= 15 is 0 Å². The number of nitrogens with one attached hydrogen (secondary N) is 2. The van der Waals surface area contributed by atoms with Crippen molar-refractivity contribution in [2.75, 3.05) is 39.9 Å². The lowest BCUT2D eigenvalue weighted by molar-refractivity contribution is 0.0341. The minimum atomic E-state index is 0. The Kier molecular flexibility index (Phi) is 10.2. The average molecular weight is 560 g/mol. The molecule has 0 radical (unpaired) electrons. The lowest BCUT2D eigenvalue weighted by Gasteiger charge is -2.27. The fraction of sp³-hybridized carbons (Fsp3) is 0.360. The minimum Gasteiger partial charge on any atom is -0.379 e. The smallest absolute Gasteiger partial charge is 0.191 e. The monoisotopic (exact) mass is 560 g/mol. The molecule has 0 saturated carbocycles. The third kappa shape index (κ3) is 7.55. The fourth-order valence-corrected chi connectivity index (χ4v) is 3.85. The molecular formula is C25H33IN6O. The van der Waals surface area contributed by atoms with Gasteiger partial charge in [0.2, 0.25) is 0 Å². The first kappa shape index (κ1) is 25.2.